The molecule has 0 spiro atoms. The zero-order valence-corrected chi connectivity index (χ0v) is 19.2. The van der Waals surface area contributed by atoms with E-state index in [4.69, 9.17) is 19.2 Å². The predicted octanol–water partition coefficient (Wildman–Crippen LogP) is 2.91. The highest BCUT2D eigenvalue weighted by molar-refractivity contribution is 5.98. The van der Waals surface area contributed by atoms with Gasteiger partial charge in [0.1, 0.15) is 17.3 Å². The molecular formula is C25H30N4O4. The van der Waals surface area contributed by atoms with E-state index in [-0.39, 0.29) is 11.8 Å². The molecular weight excluding hydrogens is 420 g/mol. The number of amides is 1. The van der Waals surface area contributed by atoms with E-state index in [0.717, 1.165) is 61.9 Å². The number of anilines is 1. The zero-order valence-electron chi connectivity index (χ0n) is 19.2. The van der Waals surface area contributed by atoms with Crippen molar-refractivity contribution in [3.05, 3.63) is 48.3 Å². The fraction of sp³-hybridized carbons (Fsp3) is 0.440. The maximum absolute atomic E-state index is 13.1. The average Bonchev–Trinajstić information content (AvgIpc) is 3.43. The van der Waals surface area contributed by atoms with Gasteiger partial charge < -0.3 is 23.7 Å². The maximum Gasteiger partial charge on any atom is 0.227 e. The fourth-order valence-electron chi connectivity index (χ4n) is 4.83. The van der Waals surface area contributed by atoms with Crippen LogP contribution < -0.4 is 14.4 Å². The van der Waals surface area contributed by atoms with Crippen LogP contribution in [0.3, 0.4) is 0 Å². The van der Waals surface area contributed by atoms with Crippen LogP contribution in [-0.4, -0.2) is 74.0 Å². The Morgan fingerprint density at radius 1 is 1.06 bits per heavy atom. The van der Waals surface area contributed by atoms with Gasteiger partial charge in [-0.2, -0.15) is 0 Å². The normalized spacial score (nSPS) is 19.4. The highest BCUT2D eigenvalue weighted by atomic mass is 16.5. The number of fused-ring (bicyclic) bond motifs is 1. The van der Waals surface area contributed by atoms with Crippen LogP contribution in [0.5, 0.6) is 11.5 Å². The SMILES string of the molecule is COc1ccc(OC)c(N2C[C@H](c3nc4ccccc4n3CCN3CCOCC3)CC2=O)c1. The van der Waals surface area contributed by atoms with Crippen molar-refractivity contribution in [1.29, 1.82) is 0 Å². The van der Waals surface area contributed by atoms with E-state index in [1.165, 1.54) is 0 Å². The Morgan fingerprint density at radius 2 is 1.88 bits per heavy atom. The Balaban J connectivity index is 1.44. The minimum atomic E-state index is 0.00509. The number of ether oxygens (including phenoxy) is 3. The number of methoxy groups -OCH3 is 2. The molecule has 5 rings (SSSR count). The van der Waals surface area contributed by atoms with Crippen LogP contribution >= 0.6 is 0 Å². The number of carbonyl (C=O) groups is 1. The molecule has 0 aliphatic carbocycles. The van der Waals surface area contributed by atoms with Gasteiger partial charge in [-0.05, 0) is 24.3 Å². The van der Waals surface area contributed by atoms with Crippen LogP contribution in [-0.2, 0) is 16.1 Å². The molecule has 1 aromatic heterocycles. The van der Waals surface area contributed by atoms with Crippen molar-refractivity contribution in [1.82, 2.24) is 14.5 Å². The molecule has 1 atom stereocenters. The van der Waals surface area contributed by atoms with E-state index in [9.17, 15) is 4.79 Å². The van der Waals surface area contributed by atoms with Gasteiger partial charge >= 0.3 is 0 Å². The van der Waals surface area contributed by atoms with E-state index in [1.807, 2.05) is 36.4 Å². The number of benzene rings is 2. The van der Waals surface area contributed by atoms with E-state index >= 15 is 0 Å². The molecule has 2 saturated heterocycles. The molecule has 1 amide bonds. The number of aromatic nitrogens is 2. The Morgan fingerprint density at radius 3 is 2.67 bits per heavy atom. The molecule has 0 N–H and O–H groups in total. The Hall–Kier alpha value is -3.10. The number of hydrogen-bond acceptors (Lipinski definition) is 6. The molecule has 3 aromatic rings. The van der Waals surface area contributed by atoms with Crippen molar-refractivity contribution in [3.63, 3.8) is 0 Å². The van der Waals surface area contributed by atoms with Gasteiger partial charge in [0, 0.05) is 51.1 Å². The second kappa shape index (κ2) is 9.41. The summed E-state index contributed by atoms with van der Waals surface area (Å²) in [5, 5.41) is 0. The number of imidazole rings is 1. The van der Waals surface area contributed by atoms with Crippen molar-refractivity contribution in [3.8, 4) is 11.5 Å². The average molecular weight is 451 g/mol. The molecule has 8 nitrogen and oxygen atoms in total. The third-order valence-corrected chi connectivity index (χ3v) is 6.59. The summed E-state index contributed by atoms with van der Waals surface area (Å²) < 4.78 is 18.7. The molecule has 0 saturated carbocycles. The molecule has 2 aliphatic heterocycles. The van der Waals surface area contributed by atoms with E-state index < -0.39 is 0 Å². The summed E-state index contributed by atoms with van der Waals surface area (Å²) in [6.45, 7) is 5.80. The zero-order chi connectivity index (χ0) is 22.8. The van der Waals surface area contributed by atoms with E-state index in [1.54, 1.807) is 19.1 Å². The quantitative estimate of drug-likeness (QED) is 0.551. The molecule has 2 aliphatic rings. The van der Waals surface area contributed by atoms with Gasteiger partial charge in [-0.3, -0.25) is 9.69 Å². The highest BCUT2D eigenvalue weighted by Crippen LogP contribution is 2.39. The van der Waals surface area contributed by atoms with Gasteiger partial charge in [0.2, 0.25) is 5.91 Å². The van der Waals surface area contributed by atoms with Gasteiger partial charge in [-0.1, -0.05) is 12.1 Å². The Labute approximate surface area is 193 Å². The molecule has 8 heteroatoms. The first-order valence-electron chi connectivity index (χ1n) is 11.5. The van der Waals surface area contributed by atoms with Crippen molar-refractivity contribution >= 4 is 22.6 Å². The summed E-state index contributed by atoms with van der Waals surface area (Å²) in [5.74, 6) is 2.40. The molecule has 0 unspecified atom stereocenters. The summed E-state index contributed by atoms with van der Waals surface area (Å²) >= 11 is 0. The van der Waals surface area contributed by atoms with Gasteiger partial charge in [0.05, 0.1) is 44.2 Å². The lowest BCUT2D eigenvalue weighted by atomic mass is 10.1. The number of rotatable bonds is 7. The van der Waals surface area contributed by atoms with Gasteiger partial charge in [-0.25, -0.2) is 4.98 Å². The highest BCUT2D eigenvalue weighted by Gasteiger charge is 2.36. The number of carbonyl (C=O) groups excluding carboxylic acids is 1. The lowest BCUT2D eigenvalue weighted by Crippen LogP contribution is -2.38. The third-order valence-electron chi connectivity index (χ3n) is 6.59. The Bertz CT molecular complexity index is 1140. The van der Waals surface area contributed by atoms with E-state index in [2.05, 4.69) is 15.5 Å². The molecule has 174 valence electrons. The molecule has 2 aromatic carbocycles. The largest absolute Gasteiger partial charge is 0.497 e. The van der Waals surface area contributed by atoms with Crippen LogP contribution in [0.2, 0.25) is 0 Å². The minimum absolute atomic E-state index is 0.00509. The molecule has 0 bridgehead atoms. The van der Waals surface area contributed by atoms with Crippen LogP contribution in [0.1, 0.15) is 18.2 Å². The number of hydrogen-bond donors (Lipinski definition) is 0. The standard InChI is InChI=1S/C25H30N4O4/c1-31-19-7-8-23(32-2)22(16-19)29-17-18(15-24(29)30)25-26-20-5-3-4-6-21(20)28(25)10-9-27-11-13-33-14-12-27/h3-8,16,18H,9-15,17H2,1-2H3/t18-/m1/s1. The maximum atomic E-state index is 13.1. The smallest absolute Gasteiger partial charge is 0.227 e. The summed E-state index contributed by atoms with van der Waals surface area (Å²) in [6, 6.07) is 13.8. The van der Waals surface area contributed by atoms with Crippen LogP contribution in [0, 0.1) is 0 Å². The Kier molecular flexibility index (Phi) is 6.20. The topological polar surface area (TPSA) is 69.1 Å². The first kappa shape index (κ1) is 21.7. The summed E-state index contributed by atoms with van der Waals surface area (Å²) in [5.41, 5.74) is 2.82. The van der Waals surface area contributed by atoms with Crippen LogP contribution in [0.25, 0.3) is 11.0 Å². The predicted molar refractivity (Wildman–Crippen MR) is 126 cm³/mol. The lowest BCUT2D eigenvalue weighted by Gasteiger charge is -2.27. The number of morpholine rings is 1. The second-order valence-corrected chi connectivity index (χ2v) is 8.51. The molecule has 33 heavy (non-hydrogen) atoms. The van der Waals surface area contributed by atoms with Gasteiger partial charge in [0.25, 0.3) is 0 Å². The van der Waals surface area contributed by atoms with Crippen molar-refractivity contribution in [2.45, 2.75) is 18.9 Å². The number of nitrogens with zero attached hydrogens (tertiary/aromatic N) is 4. The molecule has 3 heterocycles. The van der Waals surface area contributed by atoms with Crippen LogP contribution in [0.4, 0.5) is 5.69 Å². The van der Waals surface area contributed by atoms with Crippen molar-refractivity contribution in [2.75, 3.05) is 58.5 Å². The molecule has 2 fully saturated rings. The first-order chi connectivity index (χ1) is 16.2. The van der Waals surface area contributed by atoms with Gasteiger partial charge in [-0.15, -0.1) is 0 Å². The van der Waals surface area contributed by atoms with Crippen molar-refractivity contribution < 1.29 is 19.0 Å². The van der Waals surface area contributed by atoms with Crippen LogP contribution in [0.15, 0.2) is 42.5 Å². The minimum Gasteiger partial charge on any atom is -0.497 e. The fourth-order valence-corrected chi connectivity index (χ4v) is 4.83. The molecule has 0 radical (unpaired) electrons. The second-order valence-electron chi connectivity index (χ2n) is 8.51. The van der Waals surface area contributed by atoms with E-state index in [0.29, 0.717) is 24.5 Å². The first-order valence-corrected chi connectivity index (χ1v) is 11.5. The van der Waals surface area contributed by atoms with Crippen molar-refractivity contribution in [2.24, 2.45) is 0 Å². The summed E-state index contributed by atoms with van der Waals surface area (Å²) in [6.07, 6.45) is 0.418. The summed E-state index contributed by atoms with van der Waals surface area (Å²) in [7, 11) is 3.24. The summed E-state index contributed by atoms with van der Waals surface area (Å²) in [4.78, 5) is 22.3. The number of para-hydroxylation sites is 2. The lowest BCUT2D eigenvalue weighted by molar-refractivity contribution is -0.117. The monoisotopic (exact) mass is 450 g/mol. The third kappa shape index (κ3) is 4.28. The van der Waals surface area contributed by atoms with Gasteiger partial charge in [0.15, 0.2) is 0 Å².